The van der Waals surface area contributed by atoms with E-state index in [4.69, 9.17) is 9.84 Å². The molecule has 0 spiro atoms. The molecule has 11 heteroatoms. The molecule has 0 radical (unpaired) electrons. The number of aliphatic hydroxyl groups is 3. The Morgan fingerprint density at radius 3 is 2.52 bits per heavy atom. The monoisotopic (exact) mass is 312 g/mol. The number of aromatic nitrogens is 2. The largest absolute Gasteiger partial charge is 0.424 e. The average molecular weight is 312 g/mol. The molecule has 4 N–H and O–H groups in total. The Labute approximate surface area is 114 Å². The molecular weight excluding hydrogens is 301 g/mol. The Balaban J connectivity index is 2.60. The van der Waals surface area contributed by atoms with Gasteiger partial charge in [-0.15, -0.1) is 0 Å². The Morgan fingerprint density at radius 1 is 1.43 bits per heavy atom. The van der Waals surface area contributed by atoms with Crippen molar-refractivity contribution >= 4 is 0 Å². The van der Waals surface area contributed by atoms with Crippen molar-refractivity contribution in [2.75, 3.05) is 6.61 Å². The normalized spacial score (nSPS) is 33.3. The van der Waals surface area contributed by atoms with E-state index in [0.29, 0.717) is 6.20 Å². The zero-order chi connectivity index (χ0) is 16.0. The van der Waals surface area contributed by atoms with Crippen molar-refractivity contribution < 1.29 is 33.2 Å². The van der Waals surface area contributed by atoms with Gasteiger partial charge in [0.05, 0.1) is 6.61 Å². The van der Waals surface area contributed by atoms with Crippen LogP contribution in [0.2, 0.25) is 0 Å². The number of alkyl halides is 3. The highest BCUT2D eigenvalue weighted by molar-refractivity contribution is 5.07. The maximum Gasteiger partial charge on any atom is 0.424 e. The smallest absolute Gasteiger partial charge is 0.394 e. The lowest BCUT2D eigenvalue weighted by atomic mass is 9.93. The van der Waals surface area contributed by atoms with Crippen molar-refractivity contribution in [2.45, 2.75) is 30.2 Å². The van der Waals surface area contributed by atoms with Crippen molar-refractivity contribution in [3.63, 3.8) is 0 Å². The number of aromatic amines is 1. The average Bonchev–Trinajstić information content (AvgIpc) is 2.63. The zero-order valence-electron chi connectivity index (χ0n) is 10.2. The molecule has 1 fully saturated rings. The second kappa shape index (κ2) is 4.94. The number of hydrogen-bond acceptors (Lipinski definition) is 6. The van der Waals surface area contributed by atoms with Crippen LogP contribution < -0.4 is 11.2 Å². The van der Waals surface area contributed by atoms with Crippen molar-refractivity contribution in [1.29, 1.82) is 0 Å². The molecule has 0 aliphatic carbocycles. The molecule has 1 aliphatic heterocycles. The number of aliphatic hydroxyl groups excluding tert-OH is 2. The fourth-order valence-electron chi connectivity index (χ4n) is 2.11. The third kappa shape index (κ3) is 2.27. The quantitative estimate of drug-likeness (QED) is 0.504. The van der Waals surface area contributed by atoms with Gasteiger partial charge >= 0.3 is 11.9 Å². The lowest BCUT2D eigenvalue weighted by molar-refractivity contribution is -0.304. The van der Waals surface area contributed by atoms with E-state index in [1.54, 1.807) is 4.98 Å². The Bertz CT molecular complexity index is 641. The summed E-state index contributed by atoms with van der Waals surface area (Å²) in [7, 11) is 0. The van der Waals surface area contributed by atoms with Crippen LogP contribution in [-0.4, -0.2) is 55.5 Å². The van der Waals surface area contributed by atoms with Crippen molar-refractivity contribution in [3.05, 3.63) is 33.1 Å². The van der Waals surface area contributed by atoms with E-state index in [1.165, 1.54) is 0 Å². The Kier molecular flexibility index (Phi) is 3.70. The van der Waals surface area contributed by atoms with E-state index in [2.05, 4.69) is 0 Å². The molecule has 118 valence electrons. The summed E-state index contributed by atoms with van der Waals surface area (Å²) in [6.07, 6.45) is -11.3. The first-order valence-electron chi connectivity index (χ1n) is 5.68. The SMILES string of the molecule is O=c1ccn([C@@H]2O[C@H](CO)[C@@H](O)[C@@]2(O)C(F)(F)F)c(=O)[nH]1. The standard InChI is InChI=1S/C10H11F3N2O6/c11-10(12,13)9(20)6(18)4(3-16)21-7(9)15-2-1-5(17)14-8(15)19/h1-2,4,6-7,16,18,20H,3H2,(H,14,17,19)/t4-,6-,7-,9+/m1/s1. The first-order chi connectivity index (χ1) is 9.62. The fraction of sp³-hybridized carbons (Fsp3) is 0.600. The number of halogens is 3. The maximum absolute atomic E-state index is 13.1. The number of H-pyrrole nitrogens is 1. The number of nitrogens with zero attached hydrogens (tertiary/aromatic N) is 1. The summed E-state index contributed by atoms with van der Waals surface area (Å²) in [5, 5.41) is 28.3. The minimum atomic E-state index is -5.35. The van der Waals surface area contributed by atoms with Gasteiger partial charge in [-0.25, -0.2) is 4.79 Å². The number of ether oxygens (including phenoxy) is 1. The van der Waals surface area contributed by atoms with Crippen LogP contribution in [0.3, 0.4) is 0 Å². The van der Waals surface area contributed by atoms with Crippen LogP contribution in [0.25, 0.3) is 0 Å². The van der Waals surface area contributed by atoms with Gasteiger partial charge in [0.1, 0.15) is 12.2 Å². The number of nitrogens with one attached hydrogen (secondary N) is 1. The van der Waals surface area contributed by atoms with Crippen LogP contribution >= 0.6 is 0 Å². The second-order valence-electron chi connectivity index (χ2n) is 4.49. The Hall–Kier alpha value is -1.69. The summed E-state index contributed by atoms with van der Waals surface area (Å²) in [6.45, 7) is -1.01. The van der Waals surface area contributed by atoms with Gasteiger partial charge in [-0.3, -0.25) is 14.3 Å². The third-order valence-corrected chi connectivity index (χ3v) is 3.22. The second-order valence-corrected chi connectivity index (χ2v) is 4.49. The predicted molar refractivity (Wildman–Crippen MR) is 59.3 cm³/mol. The van der Waals surface area contributed by atoms with Crippen molar-refractivity contribution in [1.82, 2.24) is 9.55 Å². The van der Waals surface area contributed by atoms with Crippen LogP contribution in [0, 0.1) is 0 Å². The molecule has 21 heavy (non-hydrogen) atoms. The minimum Gasteiger partial charge on any atom is -0.394 e. The molecule has 0 saturated carbocycles. The van der Waals surface area contributed by atoms with Gasteiger partial charge in [0.15, 0.2) is 6.23 Å². The molecule has 0 amide bonds. The van der Waals surface area contributed by atoms with E-state index in [-0.39, 0.29) is 4.57 Å². The highest BCUT2D eigenvalue weighted by atomic mass is 19.4. The molecule has 2 rings (SSSR count). The zero-order valence-corrected chi connectivity index (χ0v) is 10.2. The summed E-state index contributed by atoms with van der Waals surface area (Å²) in [4.78, 5) is 24.2. The molecule has 0 aromatic carbocycles. The molecule has 4 atom stereocenters. The number of hydrogen-bond donors (Lipinski definition) is 4. The Morgan fingerprint density at radius 2 is 2.05 bits per heavy atom. The van der Waals surface area contributed by atoms with E-state index in [0.717, 1.165) is 6.07 Å². The lowest BCUT2D eigenvalue weighted by Gasteiger charge is -2.33. The predicted octanol–water partition coefficient (Wildman–Crippen LogP) is -1.92. The number of rotatable bonds is 2. The molecule has 1 aromatic rings. The molecule has 1 saturated heterocycles. The van der Waals surface area contributed by atoms with Crippen LogP contribution in [0.1, 0.15) is 6.23 Å². The highest BCUT2D eigenvalue weighted by Crippen LogP contribution is 2.47. The topological polar surface area (TPSA) is 125 Å². The van der Waals surface area contributed by atoms with Gasteiger partial charge in [-0.1, -0.05) is 0 Å². The molecule has 0 unspecified atom stereocenters. The van der Waals surface area contributed by atoms with E-state index >= 15 is 0 Å². The van der Waals surface area contributed by atoms with E-state index < -0.39 is 48.1 Å². The fourth-order valence-corrected chi connectivity index (χ4v) is 2.11. The van der Waals surface area contributed by atoms with Gasteiger partial charge in [-0.05, 0) is 0 Å². The summed E-state index contributed by atoms with van der Waals surface area (Å²) >= 11 is 0. The lowest BCUT2D eigenvalue weighted by Crippen LogP contribution is -2.58. The van der Waals surface area contributed by atoms with Crippen LogP contribution in [-0.2, 0) is 4.74 Å². The summed E-state index contributed by atoms with van der Waals surface area (Å²) in [6, 6.07) is 0.750. The molecule has 1 aromatic heterocycles. The van der Waals surface area contributed by atoms with Gasteiger partial charge in [0, 0.05) is 12.3 Å². The van der Waals surface area contributed by atoms with Gasteiger partial charge in [0.2, 0.25) is 5.60 Å². The maximum atomic E-state index is 13.1. The van der Waals surface area contributed by atoms with Crippen molar-refractivity contribution in [2.24, 2.45) is 0 Å². The molecule has 0 bridgehead atoms. The van der Waals surface area contributed by atoms with Crippen molar-refractivity contribution in [3.8, 4) is 0 Å². The third-order valence-electron chi connectivity index (χ3n) is 3.22. The first-order valence-corrected chi connectivity index (χ1v) is 5.68. The van der Waals surface area contributed by atoms with Crippen LogP contribution in [0.15, 0.2) is 21.9 Å². The highest BCUT2D eigenvalue weighted by Gasteiger charge is 2.70. The molecule has 8 nitrogen and oxygen atoms in total. The summed E-state index contributed by atoms with van der Waals surface area (Å²) < 4.78 is 44.3. The molecule has 2 heterocycles. The van der Waals surface area contributed by atoms with Crippen LogP contribution in [0.5, 0.6) is 0 Å². The molecular formula is C10H11F3N2O6. The summed E-state index contributed by atoms with van der Waals surface area (Å²) in [5.74, 6) is 0. The van der Waals surface area contributed by atoms with Crippen LogP contribution in [0.4, 0.5) is 13.2 Å². The van der Waals surface area contributed by atoms with E-state index in [9.17, 15) is 33.0 Å². The van der Waals surface area contributed by atoms with E-state index in [1.807, 2.05) is 0 Å². The minimum absolute atomic E-state index is 0.285. The first kappa shape index (κ1) is 15.7. The molecule has 1 aliphatic rings. The van der Waals surface area contributed by atoms with Gasteiger partial charge in [-0.2, -0.15) is 13.2 Å². The summed E-state index contributed by atoms with van der Waals surface area (Å²) in [5.41, 5.74) is -5.94. The van der Waals surface area contributed by atoms with Gasteiger partial charge in [0.25, 0.3) is 5.56 Å². The van der Waals surface area contributed by atoms with Gasteiger partial charge < -0.3 is 20.1 Å².